The maximum absolute atomic E-state index is 11.0. The molecule has 1 heterocycles. The number of hydrogen-bond donors (Lipinski definition) is 1. The summed E-state index contributed by atoms with van der Waals surface area (Å²) in [7, 11) is 0. The van der Waals surface area contributed by atoms with Gasteiger partial charge in [-0.05, 0) is 31.4 Å². The van der Waals surface area contributed by atoms with E-state index in [1.54, 1.807) is 6.07 Å². The van der Waals surface area contributed by atoms with Gasteiger partial charge in [-0.2, -0.15) is 0 Å². The molecule has 0 aliphatic heterocycles. The van der Waals surface area contributed by atoms with Gasteiger partial charge < -0.3 is 9.67 Å². The second-order valence-electron chi connectivity index (χ2n) is 4.34. The van der Waals surface area contributed by atoms with E-state index in [2.05, 4.69) is 4.57 Å². The molecule has 2 rings (SSSR count). The van der Waals surface area contributed by atoms with Gasteiger partial charge in [-0.15, -0.1) is 0 Å². The minimum atomic E-state index is 0.234. The van der Waals surface area contributed by atoms with Crippen molar-refractivity contribution in [1.82, 2.24) is 4.57 Å². The van der Waals surface area contributed by atoms with Gasteiger partial charge in [0, 0.05) is 35.3 Å². The van der Waals surface area contributed by atoms with E-state index < -0.39 is 0 Å². The molecule has 0 radical (unpaired) electrons. The van der Waals surface area contributed by atoms with Gasteiger partial charge in [0.25, 0.3) is 0 Å². The Labute approximate surface area is 111 Å². The van der Waals surface area contributed by atoms with Crippen LogP contribution in [0.25, 0.3) is 10.9 Å². The first-order chi connectivity index (χ1) is 8.76. The zero-order chi connectivity index (χ0) is 13.0. The molecule has 0 fully saturated rings. The van der Waals surface area contributed by atoms with E-state index in [0.717, 1.165) is 43.0 Å². The topological polar surface area (TPSA) is 42.2 Å². The largest absolute Gasteiger partial charge is 0.396 e. The molecule has 1 aromatic heterocycles. The lowest BCUT2D eigenvalue weighted by Gasteiger charge is -2.05. The highest BCUT2D eigenvalue weighted by molar-refractivity contribution is 6.31. The summed E-state index contributed by atoms with van der Waals surface area (Å²) in [5.74, 6) is 0. The second-order valence-corrected chi connectivity index (χ2v) is 4.78. The molecule has 0 bridgehead atoms. The zero-order valence-corrected chi connectivity index (χ0v) is 10.9. The number of aliphatic hydroxyl groups is 1. The number of benzene rings is 1. The van der Waals surface area contributed by atoms with Crippen molar-refractivity contribution in [1.29, 1.82) is 0 Å². The zero-order valence-electron chi connectivity index (χ0n) is 10.1. The third-order valence-corrected chi connectivity index (χ3v) is 3.29. The van der Waals surface area contributed by atoms with Gasteiger partial charge in [0.1, 0.15) is 0 Å². The Kier molecular flexibility index (Phi) is 4.39. The molecule has 1 N–H and O–H groups in total. The van der Waals surface area contributed by atoms with E-state index in [4.69, 9.17) is 16.7 Å². The maximum Gasteiger partial charge on any atom is 0.152 e. The number of carbonyl (C=O) groups excluding carboxylic acids is 1. The van der Waals surface area contributed by atoms with E-state index >= 15 is 0 Å². The van der Waals surface area contributed by atoms with Crippen molar-refractivity contribution in [3.05, 3.63) is 35.0 Å². The fourth-order valence-electron chi connectivity index (χ4n) is 2.14. The first kappa shape index (κ1) is 13.1. The Hall–Kier alpha value is -1.32. The lowest BCUT2D eigenvalue weighted by Crippen LogP contribution is -1.96. The van der Waals surface area contributed by atoms with Crippen LogP contribution in [0.3, 0.4) is 0 Å². The first-order valence-electron chi connectivity index (χ1n) is 6.10. The third kappa shape index (κ3) is 2.74. The Balaban J connectivity index is 2.26. The van der Waals surface area contributed by atoms with E-state index in [1.165, 1.54) is 0 Å². The summed E-state index contributed by atoms with van der Waals surface area (Å²) in [6.45, 7) is 1.07. The summed E-state index contributed by atoms with van der Waals surface area (Å²) in [6, 6.07) is 5.56. The van der Waals surface area contributed by atoms with Gasteiger partial charge >= 0.3 is 0 Å². The molecule has 0 spiro atoms. The summed E-state index contributed by atoms with van der Waals surface area (Å²) in [4.78, 5) is 11.0. The predicted molar refractivity (Wildman–Crippen MR) is 73.3 cm³/mol. The smallest absolute Gasteiger partial charge is 0.152 e. The number of unbranched alkanes of at least 4 members (excludes halogenated alkanes) is 2. The van der Waals surface area contributed by atoms with Crippen LogP contribution in [-0.4, -0.2) is 22.6 Å². The van der Waals surface area contributed by atoms with Crippen LogP contribution in [0.15, 0.2) is 24.4 Å². The molecule has 0 atom stereocenters. The van der Waals surface area contributed by atoms with Gasteiger partial charge in [-0.25, -0.2) is 0 Å². The SMILES string of the molecule is O=Cc1cn(CCCCCO)c2cc(Cl)ccc12. The van der Waals surface area contributed by atoms with E-state index in [-0.39, 0.29) is 6.61 Å². The number of hydrogen-bond acceptors (Lipinski definition) is 2. The Morgan fingerprint density at radius 1 is 1.28 bits per heavy atom. The average Bonchev–Trinajstić information content (AvgIpc) is 2.72. The van der Waals surface area contributed by atoms with Crippen LogP contribution in [0.2, 0.25) is 5.02 Å². The van der Waals surface area contributed by atoms with Crippen LogP contribution < -0.4 is 0 Å². The molecule has 0 unspecified atom stereocenters. The van der Waals surface area contributed by atoms with Crippen LogP contribution in [0, 0.1) is 0 Å². The summed E-state index contributed by atoms with van der Waals surface area (Å²) >= 11 is 5.99. The lowest BCUT2D eigenvalue weighted by molar-refractivity contribution is 0.112. The number of aldehydes is 1. The van der Waals surface area contributed by atoms with E-state index in [9.17, 15) is 4.79 Å². The van der Waals surface area contributed by atoms with E-state index in [1.807, 2.05) is 18.3 Å². The van der Waals surface area contributed by atoms with Gasteiger partial charge in [-0.1, -0.05) is 17.7 Å². The van der Waals surface area contributed by atoms with Crippen LogP contribution in [0.1, 0.15) is 29.6 Å². The van der Waals surface area contributed by atoms with Crippen molar-refractivity contribution < 1.29 is 9.90 Å². The molecule has 1 aromatic carbocycles. The van der Waals surface area contributed by atoms with Crippen LogP contribution in [0.4, 0.5) is 0 Å². The van der Waals surface area contributed by atoms with Gasteiger partial charge in [0.15, 0.2) is 6.29 Å². The molecule has 0 aliphatic rings. The number of aryl methyl sites for hydroxylation is 1. The minimum Gasteiger partial charge on any atom is -0.396 e. The number of aromatic nitrogens is 1. The quantitative estimate of drug-likeness (QED) is 0.643. The molecule has 3 nitrogen and oxygen atoms in total. The lowest BCUT2D eigenvalue weighted by atomic mass is 10.2. The van der Waals surface area contributed by atoms with Crippen molar-refractivity contribution in [3.63, 3.8) is 0 Å². The Bertz CT molecular complexity index is 548. The monoisotopic (exact) mass is 265 g/mol. The molecule has 4 heteroatoms. The van der Waals surface area contributed by atoms with Gasteiger partial charge in [0.05, 0.1) is 5.52 Å². The first-order valence-corrected chi connectivity index (χ1v) is 6.48. The fourth-order valence-corrected chi connectivity index (χ4v) is 2.31. The third-order valence-electron chi connectivity index (χ3n) is 3.06. The number of carbonyl (C=O) groups is 1. The van der Waals surface area contributed by atoms with Crippen molar-refractivity contribution >= 4 is 28.8 Å². The fraction of sp³-hybridized carbons (Fsp3) is 0.357. The highest BCUT2D eigenvalue weighted by Crippen LogP contribution is 2.24. The molecule has 0 saturated heterocycles. The minimum absolute atomic E-state index is 0.234. The number of rotatable bonds is 6. The highest BCUT2D eigenvalue weighted by atomic mass is 35.5. The number of aliphatic hydroxyl groups excluding tert-OH is 1. The van der Waals surface area contributed by atoms with Crippen molar-refractivity contribution in [3.8, 4) is 0 Å². The van der Waals surface area contributed by atoms with Crippen molar-refractivity contribution in [2.75, 3.05) is 6.61 Å². The van der Waals surface area contributed by atoms with E-state index in [0.29, 0.717) is 10.6 Å². The summed E-state index contributed by atoms with van der Waals surface area (Å²) < 4.78 is 2.06. The Morgan fingerprint density at radius 2 is 2.11 bits per heavy atom. The molecular weight excluding hydrogens is 250 g/mol. The molecular formula is C14H16ClNO2. The maximum atomic E-state index is 11.0. The Morgan fingerprint density at radius 3 is 2.83 bits per heavy atom. The molecule has 2 aromatic rings. The summed E-state index contributed by atoms with van der Waals surface area (Å²) in [5, 5.41) is 10.4. The van der Waals surface area contributed by atoms with Gasteiger partial charge in [0.2, 0.25) is 0 Å². The summed E-state index contributed by atoms with van der Waals surface area (Å²) in [5.41, 5.74) is 1.69. The van der Waals surface area contributed by atoms with Gasteiger partial charge in [-0.3, -0.25) is 4.79 Å². The van der Waals surface area contributed by atoms with Crippen LogP contribution >= 0.6 is 11.6 Å². The average molecular weight is 266 g/mol. The number of halogens is 1. The molecule has 0 saturated carbocycles. The molecule has 96 valence electrons. The number of nitrogens with zero attached hydrogens (tertiary/aromatic N) is 1. The van der Waals surface area contributed by atoms with Crippen molar-refractivity contribution in [2.45, 2.75) is 25.8 Å². The summed E-state index contributed by atoms with van der Waals surface area (Å²) in [6.07, 6.45) is 5.52. The molecule has 0 amide bonds. The highest BCUT2D eigenvalue weighted by Gasteiger charge is 2.08. The second kappa shape index (κ2) is 6.03. The standard InChI is InChI=1S/C14H16ClNO2/c15-12-4-5-13-11(10-18)9-16(14(13)8-12)6-2-1-3-7-17/h4-5,8-10,17H,1-3,6-7H2. The normalized spacial score (nSPS) is 11.0. The molecule has 18 heavy (non-hydrogen) atoms. The molecule has 0 aliphatic carbocycles. The van der Waals surface area contributed by atoms with Crippen LogP contribution in [-0.2, 0) is 6.54 Å². The van der Waals surface area contributed by atoms with Crippen molar-refractivity contribution in [2.24, 2.45) is 0 Å². The van der Waals surface area contributed by atoms with Crippen LogP contribution in [0.5, 0.6) is 0 Å². The predicted octanol–water partition coefficient (Wildman–Crippen LogP) is 3.27. The number of fused-ring (bicyclic) bond motifs is 1.